The van der Waals surface area contributed by atoms with Crippen molar-refractivity contribution in [3.05, 3.63) is 87.2 Å². The fourth-order valence-corrected chi connectivity index (χ4v) is 3.53. The first kappa shape index (κ1) is 21.1. The smallest absolute Gasteiger partial charge is 0.333 e. The number of nitrogens with zero attached hydrogens (tertiary/aromatic N) is 3. The number of rotatable bonds is 5. The van der Waals surface area contributed by atoms with Crippen molar-refractivity contribution in [1.29, 1.82) is 0 Å². The van der Waals surface area contributed by atoms with Crippen LogP contribution < -0.4 is 11.2 Å². The predicted octanol–water partition coefficient (Wildman–Crippen LogP) is -0.129. The van der Waals surface area contributed by atoms with Gasteiger partial charge in [0.25, 0.3) is 5.56 Å². The summed E-state index contributed by atoms with van der Waals surface area (Å²) in [7, 11) is 0. The Morgan fingerprint density at radius 2 is 1.77 bits per heavy atom. The summed E-state index contributed by atoms with van der Waals surface area (Å²) in [5.74, 6) is -0.362. The number of aliphatic hydroxyl groups excluding tert-OH is 3. The minimum atomic E-state index is -1.46. The Balaban J connectivity index is 1.66. The third kappa shape index (κ3) is 4.06. The van der Waals surface area contributed by atoms with Gasteiger partial charge in [0.2, 0.25) is 0 Å². The van der Waals surface area contributed by atoms with E-state index >= 15 is 0 Å². The molecule has 0 aliphatic carbocycles. The molecule has 0 amide bonds. The molecule has 1 aromatic carbocycles. The van der Waals surface area contributed by atoms with E-state index in [1.807, 2.05) is 0 Å². The van der Waals surface area contributed by atoms with Crippen molar-refractivity contribution in [3.63, 3.8) is 0 Å². The normalized spacial score (nSPS) is 23.2. The van der Waals surface area contributed by atoms with Crippen LogP contribution in [-0.2, 0) is 11.3 Å². The zero-order valence-electron chi connectivity index (χ0n) is 16.2. The lowest BCUT2D eigenvalue weighted by Gasteiger charge is -2.18. The van der Waals surface area contributed by atoms with Gasteiger partial charge in [0, 0.05) is 18.5 Å². The van der Waals surface area contributed by atoms with Crippen LogP contribution in [0.15, 0.2) is 64.4 Å². The molecule has 3 heterocycles. The largest absolute Gasteiger partial charge is 0.394 e. The molecule has 1 fully saturated rings. The third-order valence-electron chi connectivity index (χ3n) is 5.20. The van der Waals surface area contributed by atoms with Crippen LogP contribution in [0.3, 0.4) is 0 Å². The molecule has 0 spiro atoms. The first-order valence-corrected chi connectivity index (χ1v) is 9.54. The van der Waals surface area contributed by atoms with Gasteiger partial charge in [-0.2, -0.15) is 0 Å². The van der Waals surface area contributed by atoms with Crippen LogP contribution in [-0.4, -0.2) is 54.4 Å². The van der Waals surface area contributed by atoms with Gasteiger partial charge in [-0.05, 0) is 35.4 Å². The van der Waals surface area contributed by atoms with Gasteiger partial charge in [0.15, 0.2) is 6.23 Å². The average molecular weight is 429 g/mol. The molecule has 4 unspecified atom stereocenters. The Morgan fingerprint density at radius 1 is 1.03 bits per heavy atom. The standard InChI is InChI=1S/C21H20FN3O6/c22-14-3-1-12(2-4-14)13-5-7-23-15(9-13)10-25-17(27)6-8-24(21(25)30)20-19(29)18(28)16(11-26)31-20/h1-9,16,18-20,26,28-29H,10-11H2. The van der Waals surface area contributed by atoms with E-state index in [1.165, 1.54) is 24.5 Å². The molecular formula is C21H20FN3O6. The molecule has 1 aliphatic heterocycles. The van der Waals surface area contributed by atoms with Crippen LogP contribution in [0.25, 0.3) is 11.1 Å². The van der Waals surface area contributed by atoms with Gasteiger partial charge in [-0.15, -0.1) is 0 Å². The van der Waals surface area contributed by atoms with Crippen LogP contribution in [0.1, 0.15) is 11.9 Å². The van der Waals surface area contributed by atoms with Crippen molar-refractivity contribution in [2.24, 2.45) is 0 Å². The van der Waals surface area contributed by atoms with Crippen molar-refractivity contribution in [2.45, 2.75) is 31.1 Å². The van der Waals surface area contributed by atoms with Crippen molar-refractivity contribution in [1.82, 2.24) is 14.1 Å². The Labute approximate surface area is 175 Å². The first-order valence-electron chi connectivity index (χ1n) is 9.54. The van der Waals surface area contributed by atoms with Gasteiger partial charge in [0.05, 0.1) is 18.8 Å². The average Bonchev–Trinajstić information content (AvgIpc) is 3.06. The molecule has 3 N–H and O–H groups in total. The van der Waals surface area contributed by atoms with Crippen LogP contribution in [0.4, 0.5) is 4.39 Å². The van der Waals surface area contributed by atoms with Gasteiger partial charge in [-0.1, -0.05) is 12.1 Å². The van der Waals surface area contributed by atoms with Crippen molar-refractivity contribution < 1.29 is 24.4 Å². The van der Waals surface area contributed by atoms with Gasteiger partial charge in [0.1, 0.15) is 24.1 Å². The highest BCUT2D eigenvalue weighted by Crippen LogP contribution is 2.27. The fourth-order valence-electron chi connectivity index (χ4n) is 3.53. The monoisotopic (exact) mass is 429 g/mol. The Kier molecular flexibility index (Phi) is 5.79. The molecule has 162 valence electrons. The number of benzene rings is 1. The number of aromatic nitrogens is 3. The van der Waals surface area contributed by atoms with Crippen molar-refractivity contribution in [3.8, 4) is 11.1 Å². The zero-order chi connectivity index (χ0) is 22.1. The van der Waals surface area contributed by atoms with Gasteiger partial charge in [-0.3, -0.25) is 18.9 Å². The molecule has 0 saturated carbocycles. The summed E-state index contributed by atoms with van der Waals surface area (Å²) in [5, 5.41) is 29.4. The number of pyridine rings is 1. The van der Waals surface area contributed by atoms with Gasteiger partial charge >= 0.3 is 5.69 Å². The molecule has 0 bridgehead atoms. The van der Waals surface area contributed by atoms with E-state index in [2.05, 4.69) is 4.98 Å². The maximum Gasteiger partial charge on any atom is 0.333 e. The number of ether oxygens (including phenoxy) is 1. The molecule has 1 saturated heterocycles. The molecule has 31 heavy (non-hydrogen) atoms. The predicted molar refractivity (Wildman–Crippen MR) is 107 cm³/mol. The highest BCUT2D eigenvalue weighted by molar-refractivity contribution is 5.63. The molecule has 0 radical (unpaired) electrons. The third-order valence-corrected chi connectivity index (χ3v) is 5.20. The van der Waals surface area contributed by atoms with Crippen molar-refractivity contribution in [2.75, 3.05) is 6.61 Å². The minimum Gasteiger partial charge on any atom is -0.394 e. The Morgan fingerprint density at radius 3 is 2.45 bits per heavy atom. The Bertz CT molecular complexity index is 1190. The summed E-state index contributed by atoms with van der Waals surface area (Å²) in [4.78, 5) is 29.5. The summed E-state index contributed by atoms with van der Waals surface area (Å²) in [6.07, 6.45) is -2.46. The lowest BCUT2D eigenvalue weighted by atomic mass is 10.1. The quantitative estimate of drug-likeness (QED) is 0.516. The number of aliphatic hydroxyl groups is 3. The highest BCUT2D eigenvalue weighted by atomic mass is 19.1. The van der Waals surface area contributed by atoms with Crippen LogP contribution in [0, 0.1) is 5.82 Å². The van der Waals surface area contributed by atoms with Crippen molar-refractivity contribution >= 4 is 0 Å². The summed E-state index contributed by atoms with van der Waals surface area (Å²) < 4.78 is 20.5. The van der Waals surface area contributed by atoms with E-state index in [-0.39, 0.29) is 12.4 Å². The van der Waals surface area contributed by atoms with E-state index in [0.717, 1.165) is 26.3 Å². The fraction of sp³-hybridized carbons (Fsp3) is 0.286. The summed E-state index contributed by atoms with van der Waals surface area (Å²) >= 11 is 0. The van der Waals surface area contributed by atoms with Crippen LogP contribution >= 0.6 is 0 Å². The summed E-state index contributed by atoms with van der Waals surface area (Å²) in [6.45, 7) is -0.689. The molecule has 9 nitrogen and oxygen atoms in total. The molecule has 4 rings (SSSR count). The van der Waals surface area contributed by atoms with Crippen LogP contribution in [0.2, 0.25) is 0 Å². The highest BCUT2D eigenvalue weighted by Gasteiger charge is 2.43. The van der Waals surface area contributed by atoms with E-state index in [9.17, 15) is 29.3 Å². The number of hydrogen-bond acceptors (Lipinski definition) is 7. The molecular weight excluding hydrogens is 409 g/mol. The molecule has 3 aromatic rings. The molecule has 2 aromatic heterocycles. The lowest BCUT2D eigenvalue weighted by Crippen LogP contribution is -2.43. The maximum atomic E-state index is 13.2. The van der Waals surface area contributed by atoms with Crippen LogP contribution in [0.5, 0.6) is 0 Å². The number of halogens is 1. The Hall–Kier alpha value is -3.18. The maximum absolute atomic E-state index is 13.2. The summed E-state index contributed by atoms with van der Waals surface area (Å²) in [6, 6.07) is 10.4. The van der Waals surface area contributed by atoms with Gasteiger partial charge < -0.3 is 20.1 Å². The SMILES string of the molecule is O=c1ccn(C2OC(CO)C(O)C2O)c(=O)n1Cc1cc(-c2ccc(F)cc2)ccn1. The van der Waals surface area contributed by atoms with E-state index in [1.54, 1.807) is 24.3 Å². The number of hydrogen-bond donors (Lipinski definition) is 3. The van der Waals surface area contributed by atoms with E-state index < -0.39 is 42.4 Å². The topological polar surface area (TPSA) is 127 Å². The second-order valence-corrected chi connectivity index (χ2v) is 7.20. The first-order chi connectivity index (χ1) is 14.9. The van der Waals surface area contributed by atoms with E-state index in [4.69, 9.17) is 4.74 Å². The second kappa shape index (κ2) is 8.52. The zero-order valence-corrected chi connectivity index (χ0v) is 16.2. The molecule has 4 atom stereocenters. The lowest BCUT2D eigenvalue weighted by molar-refractivity contribution is -0.0555. The van der Waals surface area contributed by atoms with E-state index in [0.29, 0.717) is 5.69 Å². The summed E-state index contributed by atoms with van der Waals surface area (Å²) in [5.41, 5.74) is 0.547. The minimum absolute atomic E-state index is 0.150. The second-order valence-electron chi connectivity index (χ2n) is 7.20. The van der Waals surface area contributed by atoms with Gasteiger partial charge in [-0.25, -0.2) is 9.18 Å². The molecule has 1 aliphatic rings. The molecule has 10 heteroatoms.